The van der Waals surface area contributed by atoms with Crippen molar-refractivity contribution in [2.24, 2.45) is 5.41 Å². The molecule has 4 amide bonds. The van der Waals surface area contributed by atoms with Gasteiger partial charge in [0.25, 0.3) is 5.91 Å². The number of nitrogens with zero attached hydrogens (tertiary/aromatic N) is 4. The number of benzene rings is 2. The maximum atomic E-state index is 13.5. The SMILES string of the molecule is [2H]C1(N2C(=O)c3cccc4c(Cc5cnn(C6CCN(C(=O)C7(C(F)(F)F)CC7)CC6)c5)ccc2c34)CCC(=O)NC1=O. The maximum Gasteiger partial charge on any atom is 0.403 e. The molecule has 218 valence electrons. The largest absolute Gasteiger partial charge is 0.403 e. The lowest BCUT2D eigenvalue weighted by molar-refractivity contribution is -0.199. The predicted octanol–water partition coefficient (Wildman–Crippen LogP) is 3.90. The molecule has 2 aromatic carbocycles. The van der Waals surface area contributed by atoms with Crippen molar-refractivity contribution in [1.82, 2.24) is 20.0 Å². The van der Waals surface area contributed by atoms with E-state index in [1.165, 1.54) is 9.80 Å². The van der Waals surface area contributed by atoms with Crippen LogP contribution >= 0.6 is 0 Å². The van der Waals surface area contributed by atoms with Gasteiger partial charge in [0.2, 0.25) is 17.7 Å². The lowest BCUT2D eigenvalue weighted by Crippen LogP contribution is -2.53. The number of hydrogen-bond acceptors (Lipinski definition) is 5. The molecule has 2 saturated heterocycles. The minimum atomic E-state index is -4.51. The fourth-order valence-corrected chi connectivity index (χ4v) is 6.55. The number of likely N-dealkylation sites (tertiary alicyclic amines) is 1. The molecule has 0 bridgehead atoms. The zero-order valence-electron chi connectivity index (χ0n) is 23.5. The number of nitrogens with one attached hydrogen (secondary N) is 1. The fraction of sp³-hybridized carbons (Fsp3) is 0.433. The minimum Gasteiger partial charge on any atom is -0.342 e. The Morgan fingerprint density at radius 2 is 1.86 bits per heavy atom. The number of imide groups is 1. The van der Waals surface area contributed by atoms with Crippen molar-refractivity contribution >= 4 is 40.1 Å². The summed E-state index contributed by atoms with van der Waals surface area (Å²) < 4.78 is 51.0. The van der Waals surface area contributed by atoms with E-state index in [0.29, 0.717) is 35.9 Å². The van der Waals surface area contributed by atoms with Crippen LogP contribution in [0.1, 0.15) is 67.4 Å². The first-order chi connectivity index (χ1) is 20.4. The molecule has 4 aliphatic rings. The highest BCUT2D eigenvalue weighted by Gasteiger charge is 2.69. The lowest BCUT2D eigenvalue weighted by atomic mass is 9.97. The molecule has 0 radical (unpaired) electrons. The molecule has 1 aromatic heterocycles. The van der Waals surface area contributed by atoms with Crippen molar-refractivity contribution in [2.75, 3.05) is 18.0 Å². The smallest absolute Gasteiger partial charge is 0.342 e. The van der Waals surface area contributed by atoms with Crippen LogP contribution in [0.25, 0.3) is 10.8 Å². The molecular weight excluding hydrogens is 551 g/mol. The molecule has 12 heteroatoms. The summed E-state index contributed by atoms with van der Waals surface area (Å²) >= 11 is 0. The first kappa shape index (κ1) is 25.5. The van der Waals surface area contributed by atoms with Crippen molar-refractivity contribution in [3.63, 3.8) is 0 Å². The number of halogens is 3. The van der Waals surface area contributed by atoms with Gasteiger partial charge in [0.1, 0.15) is 11.4 Å². The van der Waals surface area contributed by atoms with Gasteiger partial charge in [-0.15, -0.1) is 0 Å². The Hall–Kier alpha value is -4.22. The molecule has 9 nitrogen and oxygen atoms in total. The second kappa shape index (κ2) is 9.40. The van der Waals surface area contributed by atoms with Crippen LogP contribution in [-0.2, 0) is 20.8 Å². The van der Waals surface area contributed by atoms with Gasteiger partial charge in [-0.1, -0.05) is 18.2 Å². The zero-order valence-corrected chi connectivity index (χ0v) is 22.5. The molecule has 3 aliphatic heterocycles. The monoisotopic (exact) mass is 580 g/mol. The molecule has 42 heavy (non-hydrogen) atoms. The van der Waals surface area contributed by atoms with Gasteiger partial charge in [-0.25, -0.2) is 0 Å². The summed E-state index contributed by atoms with van der Waals surface area (Å²) in [6.07, 6.45) is 0.220. The average Bonchev–Trinajstić information content (AvgIpc) is 3.60. The number of alkyl halides is 3. The number of carbonyl (C=O) groups excluding carboxylic acids is 4. The second-order valence-electron chi connectivity index (χ2n) is 11.5. The van der Waals surface area contributed by atoms with E-state index in [1.54, 1.807) is 24.4 Å². The van der Waals surface area contributed by atoms with Gasteiger partial charge >= 0.3 is 6.18 Å². The molecule has 3 aromatic rings. The van der Waals surface area contributed by atoms with E-state index in [9.17, 15) is 32.3 Å². The highest BCUT2D eigenvalue weighted by molar-refractivity contribution is 6.27. The van der Waals surface area contributed by atoms with Crippen LogP contribution in [0.15, 0.2) is 42.7 Å². The highest BCUT2D eigenvalue weighted by atomic mass is 19.4. The molecule has 1 aliphatic carbocycles. The van der Waals surface area contributed by atoms with Crippen LogP contribution in [0, 0.1) is 5.41 Å². The molecule has 7 rings (SSSR count). The standard InChI is InChI=1S/C30H28F3N5O4/c31-30(32,33)29(10-11-29)28(42)36-12-8-19(9-13-36)37-16-17(15-34-37)14-18-4-5-22-25-20(18)2-1-3-21(25)27(41)38(22)23-6-7-24(39)35-26(23)40/h1-5,15-16,19,23H,6-14H2,(H,35,39,40)/i23D. The number of hydrogen-bond donors (Lipinski definition) is 1. The lowest BCUT2D eigenvalue weighted by Gasteiger charge is -2.35. The van der Waals surface area contributed by atoms with Crippen molar-refractivity contribution in [3.8, 4) is 0 Å². The summed E-state index contributed by atoms with van der Waals surface area (Å²) in [4.78, 5) is 53.1. The number of carbonyl (C=O) groups is 4. The Kier molecular flexibility index (Phi) is 5.70. The zero-order chi connectivity index (χ0) is 30.3. The van der Waals surface area contributed by atoms with Crippen LogP contribution < -0.4 is 10.2 Å². The van der Waals surface area contributed by atoms with Gasteiger partial charge < -0.3 is 4.90 Å². The Morgan fingerprint density at radius 1 is 1.10 bits per heavy atom. The molecule has 0 spiro atoms. The van der Waals surface area contributed by atoms with Crippen LogP contribution in [-0.4, -0.2) is 63.6 Å². The van der Waals surface area contributed by atoms with E-state index >= 15 is 0 Å². The molecule has 1 N–H and O–H groups in total. The Labute approximate surface area is 240 Å². The maximum absolute atomic E-state index is 13.5. The summed E-state index contributed by atoms with van der Waals surface area (Å²) in [5.41, 5.74) is 0.467. The summed E-state index contributed by atoms with van der Waals surface area (Å²) in [6, 6.07) is 6.93. The van der Waals surface area contributed by atoms with Crippen molar-refractivity contribution in [3.05, 3.63) is 59.4 Å². The van der Waals surface area contributed by atoms with E-state index in [0.717, 1.165) is 16.5 Å². The van der Waals surface area contributed by atoms with E-state index in [-0.39, 0.29) is 44.8 Å². The average molecular weight is 581 g/mol. The number of anilines is 1. The van der Waals surface area contributed by atoms with Crippen molar-refractivity contribution < 1.29 is 33.7 Å². The van der Waals surface area contributed by atoms with Crippen molar-refractivity contribution in [1.29, 1.82) is 0 Å². The number of amides is 4. The van der Waals surface area contributed by atoms with Crippen molar-refractivity contribution in [2.45, 2.75) is 63.2 Å². The van der Waals surface area contributed by atoms with E-state index in [2.05, 4.69) is 10.4 Å². The minimum absolute atomic E-state index is 0.0375. The third-order valence-electron chi connectivity index (χ3n) is 9.03. The first-order valence-corrected chi connectivity index (χ1v) is 14.1. The highest BCUT2D eigenvalue weighted by Crippen LogP contribution is 2.58. The Balaban J connectivity index is 1.09. The van der Waals surface area contributed by atoms with Gasteiger partial charge in [-0.2, -0.15) is 18.3 Å². The third-order valence-corrected chi connectivity index (χ3v) is 9.03. The molecule has 1 atom stereocenters. The van der Waals surface area contributed by atoms with Gasteiger partial charge in [0, 0.05) is 43.1 Å². The summed E-state index contributed by atoms with van der Waals surface area (Å²) in [7, 11) is 0. The Morgan fingerprint density at radius 3 is 2.55 bits per heavy atom. The van der Waals surface area contributed by atoms with Crippen LogP contribution in [0.3, 0.4) is 0 Å². The fourth-order valence-electron chi connectivity index (χ4n) is 6.55. The van der Waals surface area contributed by atoms with Crippen LogP contribution in [0.4, 0.5) is 18.9 Å². The third kappa shape index (κ3) is 4.10. The van der Waals surface area contributed by atoms with E-state index in [4.69, 9.17) is 1.37 Å². The number of piperidine rings is 2. The summed E-state index contributed by atoms with van der Waals surface area (Å²) in [6.45, 7) is 0.499. The predicted molar refractivity (Wildman–Crippen MR) is 145 cm³/mol. The molecular formula is C30H28F3N5O4. The Bertz CT molecular complexity index is 1710. The summed E-state index contributed by atoms with van der Waals surface area (Å²) in [5.74, 6) is -2.56. The molecule has 1 saturated carbocycles. The van der Waals surface area contributed by atoms with E-state index in [1.807, 2.05) is 23.0 Å². The second-order valence-corrected chi connectivity index (χ2v) is 11.5. The number of aromatic nitrogens is 2. The van der Waals surface area contributed by atoms with Crippen LogP contribution in [0.2, 0.25) is 0 Å². The first-order valence-electron chi connectivity index (χ1n) is 14.6. The normalized spacial score (nSPS) is 24.3. The molecule has 4 heterocycles. The van der Waals surface area contributed by atoms with Gasteiger partial charge in [-0.05, 0) is 60.7 Å². The van der Waals surface area contributed by atoms with Gasteiger partial charge in [0.15, 0.2) is 0 Å². The van der Waals surface area contributed by atoms with Crippen LogP contribution in [0.5, 0.6) is 0 Å². The molecule has 3 fully saturated rings. The molecule has 1 unspecified atom stereocenters. The summed E-state index contributed by atoms with van der Waals surface area (Å²) in [5, 5.41) is 8.16. The van der Waals surface area contributed by atoms with Gasteiger partial charge in [0.05, 0.1) is 19.3 Å². The van der Waals surface area contributed by atoms with E-state index < -0.39 is 41.2 Å². The topological polar surface area (TPSA) is 105 Å². The van der Waals surface area contributed by atoms with Gasteiger partial charge in [-0.3, -0.25) is 34.1 Å². The number of rotatable bonds is 5. The quantitative estimate of drug-likeness (QED) is 0.461.